The van der Waals surface area contributed by atoms with Crippen molar-refractivity contribution in [3.05, 3.63) is 71.5 Å². The molecule has 4 heteroatoms. The second kappa shape index (κ2) is 5.24. The van der Waals surface area contributed by atoms with Crippen molar-refractivity contribution in [2.75, 3.05) is 6.54 Å². The largest absolute Gasteiger partial charge is 0.358 e. The van der Waals surface area contributed by atoms with E-state index in [0.29, 0.717) is 6.54 Å². The number of nitrogens with one attached hydrogen (secondary N) is 1. The lowest BCUT2D eigenvalue weighted by Crippen LogP contribution is -2.35. The zero-order valence-corrected chi connectivity index (χ0v) is 14.1. The molecule has 0 spiro atoms. The Kier molecular flexibility index (Phi) is 3.01. The molecule has 2 aromatic heterocycles. The summed E-state index contributed by atoms with van der Waals surface area (Å²) in [5.74, 6) is 0.110. The molecular formula is C21H19N3O. The molecule has 0 bridgehead atoms. The smallest absolute Gasteiger partial charge is 0.254 e. The summed E-state index contributed by atoms with van der Waals surface area (Å²) in [5.41, 5.74) is 5.54. The first-order valence-corrected chi connectivity index (χ1v) is 8.63. The number of nitrogens with zero attached hydrogens (tertiary/aromatic N) is 2. The van der Waals surface area contributed by atoms with Crippen molar-refractivity contribution in [1.29, 1.82) is 0 Å². The van der Waals surface area contributed by atoms with E-state index in [2.05, 4.69) is 33.8 Å². The monoisotopic (exact) mass is 329 g/mol. The van der Waals surface area contributed by atoms with Crippen molar-refractivity contribution in [3.63, 3.8) is 0 Å². The van der Waals surface area contributed by atoms with E-state index in [9.17, 15) is 4.79 Å². The summed E-state index contributed by atoms with van der Waals surface area (Å²) < 4.78 is 2.06. The predicted octanol–water partition coefficient (Wildman–Crippen LogP) is 3.86. The van der Waals surface area contributed by atoms with Crippen LogP contribution in [0.3, 0.4) is 0 Å². The molecule has 0 saturated heterocycles. The van der Waals surface area contributed by atoms with Crippen LogP contribution in [0.2, 0.25) is 0 Å². The maximum atomic E-state index is 13.1. The number of para-hydroxylation sites is 1. The van der Waals surface area contributed by atoms with Gasteiger partial charge in [0.2, 0.25) is 0 Å². The topological polar surface area (TPSA) is 41.0 Å². The fourth-order valence-corrected chi connectivity index (χ4v) is 3.92. The van der Waals surface area contributed by atoms with Gasteiger partial charge in [0.25, 0.3) is 5.91 Å². The molecule has 0 aliphatic carbocycles. The predicted molar refractivity (Wildman–Crippen MR) is 99.7 cm³/mol. The standard InChI is InChI=1S/C21H19N3O/c1-23-10-8-14-6-7-15(12-20(14)23)21(25)24-11-9-19-17(13-24)16-4-2-3-5-18(16)22-19/h2-8,10,12,22H,9,11,13H2,1H3. The minimum absolute atomic E-state index is 0.110. The average Bonchev–Trinajstić information content (AvgIpc) is 3.21. The van der Waals surface area contributed by atoms with Gasteiger partial charge in [-0.05, 0) is 29.7 Å². The van der Waals surface area contributed by atoms with E-state index in [-0.39, 0.29) is 5.91 Å². The summed E-state index contributed by atoms with van der Waals surface area (Å²) in [6.07, 6.45) is 2.90. The summed E-state index contributed by atoms with van der Waals surface area (Å²) in [5, 5.41) is 2.39. The Morgan fingerprint density at radius 1 is 1.12 bits per heavy atom. The van der Waals surface area contributed by atoms with Crippen molar-refractivity contribution in [3.8, 4) is 0 Å². The number of aryl methyl sites for hydroxylation is 1. The molecule has 1 aliphatic heterocycles. The number of hydrogen-bond donors (Lipinski definition) is 1. The van der Waals surface area contributed by atoms with Gasteiger partial charge in [0.1, 0.15) is 0 Å². The fraction of sp³-hybridized carbons (Fsp3) is 0.190. The molecule has 0 fully saturated rings. The Balaban J connectivity index is 1.50. The number of benzene rings is 2. The van der Waals surface area contributed by atoms with Gasteiger partial charge in [-0.2, -0.15) is 0 Å². The summed E-state index contributed by atoms with van der Waals surface area (Å²) in [6.45, 7) is 1.42. The Hall–Kier alpha value is -3.01. The van der Waals surface area contributed by atoms with Crippen LogP contribution in [-0.4, -0.2) is 26.9 Å². The average molecular weight is 329 g/mol. The minimum atomic E-state index is 0.110. The molecule has 25 heavy (non-hydrogen) atoms. The van der Waals surface area contributed by atoms with Gasteiger partial charge in [0.15, 0.2) is 0 Å². The maximum Gasteiger partial charge on any atom is 0.254 e. The Labute approximate surface area is 145 Å². The second-order valence-corrected chi connectivity index (χ2v) is 6.80. The normalized spacial score (nSPS) is 14.2. The van der Waals surface area contributed by atoms with E-state index in [0.717, 1.165) is 34.9 Å². The van der Waals surface area contributed by atoms with Gasteiger partial charge < -0.3 is 14.5 Å². The summed E-state index contributed by atoms with van der Waals surface area (Å²) >= 11 is 0. The minimum Gasteiger partial charge on any atom is -0.358 e. The van der Waals surface area contributed by atoms with Gasteiger partial charge in [-0.1, -0.05) is 24.3 Å². The third-order valence-electron chi connectivity index (χ3n) is 5.31. The third-order valence-corrected chi connectivity index (χ3v) is 5.31. The maximum absolute atomic E-state index is 13.1. The highest BCUT2D eigenvalue weighted by molar-refractivity contribution is 5.98. The first-order valence-electron chi connectivity index (χ1n) is 8.63. The number of amides is 1. The lowest BCUT2D eigenvalue weighted by Gasteiger charge is -2.27. The molecule has 1 amide bonds. The third kappa shape index (κ3) is 2.18. The van der Waals surface area contributed by atoms with E-state index in [1.165, 1.54) is 16.6 Å². The molecule has 0 atom stereocenters. The molecule has 5 rings (SSSR count). The van der Waals surface area contributed by atoms with Crippen molar-refractivity contribution in [1.82, 2.24) is 14.5 Å². The van der Waals surface area contributed by atoms with E-state index in [4.69, 9.17) is 0 Å². The number of H-pyrrole nitrogens is 1. The Morgan fingerprint density at radius 2 is 2.00 bits per heavy atom. The fourth-order valence-electron chi connectivity index (χ4n) is 3.92. The molecule has 124 valence electrons. The highest BCUT2D eigenvalue weighted by Gasteiger charge is 2.24. The van der Waals surface area contributed by atoms with E-state index in [1.54, 1.807) is 0 Å². The van der Waals surface area contributed by atoms with Crippen LogP contribution in [0.25, 0.3) is 21.8 Å². The van der Waals surface area contributed by atoms with Gasteiger partial charge in [-0.3, -0.25) is 4.79 Å². The number of hydrogen-bond acceptors (Lipinski definition) is 1. The van der Waals surface area contributed by atoms with Crippen LogP contribution in [0.1, 0.15) is 21.6 Å². The SMILES string of the molecule is Cn1ccc2ccc(C(=O)N3CCc4[nH]c5ccccc5c4C3)cc21. The van der Waals surface area contributed by atoms with E-state index >= 15 is 0 Å². The lowest BCUT2D eigenvalue weighted by molar-refractivity contribution is 0.0735. The van der Waals surface area contributed by atoms with Gasteiger partial charge in [-0.15, -0.1) is 0 Å². The molecule has 2 aromatic carbocycles. The number of aromatic nitrogens is 2. The summed E-state index contributed by atoms with van der Waals surface area (Å²) in [6, 6.07) is 16.4. The molecule has 0 radical (unpaired) electrons. The zero-order chi connectivity index (χ0) is 17.0. The van der Waals surface area contributed by atoms with Crippen LogP contribution >= 0.6 is 0 Å². The first kappa shape index (κ1) is 14.3. The van der Waals surface area contributed by atoms with Gasteiger partial charge >= 0.3 is 0 Å². The molecule has 4 nitrogen and oxygen atoms in total. The molecule has 0 saturated carbocycles. The Bertz CT molecular complexity index is 1120. The van der Waals surface area contributed by atoms with Crippen LogP contribution in [0.5, 0.6) is 0 Å². The van der Waals surface area contributed by atoms with Crippen molar-refractivity contribution >= 4 is 27.7 Å². The van der Waals surface area contributed by atoms with E-state index in [1.807, 2.05) is 42.4 Å². The molecule has 1 N–H and O–H groups in total. The van der Waals surface area contributed by atoms with Crippen LogP contribution in [-0.2, 0) is 20.0 Å². The number of carbonyl (C=O) groups is 1. The number of aromatic amines is 1. The first-order chi connectivity index (χ1) is 12.2. The van der Waals surface area contributed by atoms with Crippen molar-refractivity contribution in [2.24, 2.45) is 7.05 Å². The number of carbonyl (C=O) groups excluding carboxylic acids is 1. The second-order valence-electron chi connectivity index (χ2n) is 6.80. The zero-order valence-electron chi connectivity index (χ0n) is 14.1. The molecule has 0 unspecified atom stereocenters. The van der Waals surface area contributed by atoms with Crippen LogP contribution < -0.4 is 0 Å². The number of fused-ring (bicyclic) bond motifs is 4. The molecule has 4 aromatic rings. The highest BCUT2D eigenvalue weighted by atomic mass is 16.2. The van der Waals surface area contributed by atoms with Crippen LogP contribution in [0.4, 0.5) is 0 Å². The van der Waals surface area contributed by atoms with E-state index < -0.39 is 0 Å². The summed E-state index contributed by atoms with van der Waals surface area (Å²) in [7, 11) is 2.01. The molecular weight excluding hydrogens is 310 g/mol. The molecule has 3 heterocycles. The number of rotatable bonds is 1. The lowest BCUT2D eigenvalue weighted by atomic mass is 10.0. The quantitative estimate of drug-likeness (QED) is 0.566. The van der Waals surface area contributed by atoms with Gasteiger partial charge in [0, 0.05) is 66.0 Å². The highest BCUT2D eigenvalue weighted by Crippen LogP contribution is 2.28. The Morgan fingerprint density at radius 3 is 2.92 bits per heavy atom. The van der Waals surface area contributed by atoms with Gasteiger partial charge in [0.05, 0.1) is 0 Å². The van der Waals surface area contributed by atoms with Gasteiger partial charge in [-0.25, -0.2) is 0 Å². The van der Waals surface area contributed by atoms with Crippen LogP contribution in [0.15, 0.2) is 54.7 Å². The van der Waals surface area contributed by atoms with Crippen LogP contribution in [0, 0.1) is 0 Å². The van der Waals surface area contributed by atoms with Crippen molar-refractivity contribution < 1.29 is 4.79 Å². The summed E-state index contributed by atoms with van der Waals surface area (Å²) in [4.78, 5) is 18.5. The molecule has 1 aliphatic rings. The van der Waals surface area contributed by atoms with Crippen molar-refractivity contribution in [2.45, 2.75) is 13.0 Å².